The molecule has 7 nitrogen and oxygen atoms in total. The van der Waals surface area contributed by atoms with Crippen molar-refractivity contribution in [2.45, 2.75) is 19.4 Å². The summed E-state index contributed by atoms with van der Waals surface area (Å²) in [6.07, 6.45) is 0.855. The highest BCUT2D eigenvalue weighted by Gasteiger charge is 2.27. The number of halogens is 1. The number of hydrogen-bond acceptors (Lipinski definition) is 6. The van der Waals surface area contributed by atoms with Crippen molar-refractivity contribution in [2.24, 2.45) is 0 Å². The second kappa shape index (κ2) is 8.10. The van der Waals surface area contributed by atoms with Crippen molar-refractivity contribution in [2.75, 3.05) is 44.5 Å². The number of nitrogens with two attached hydrogens (primary N) is 1. The van der Waals surface area contributed by atoms with Crippen LogP contribution in [0.4, 0.5) is 11.8 Å². The monoisotopic (exact) mass is 389 g/mol. The third-order valence-corrected chi connectivity index (χ3v) is 4.84. The summed E-state index contributed by atoms with van der Waals surface area (Å²) in [6, 6.07) is 7.06. The second-order valence-electron chi connectivity index (χ2n) is 6.80. The number of rotatable bonds is 3. The standard InChI is InChI=1S/C19H24ClN5O2/c1-12-9-17(23-19(21)22-12)25-7-4-8-27-11-16(25)14-10-13(5-6-15(14)20)18(26)24(2)3/h5-6,9-10,16H,4,7-8,11H2,1-3H3,(H2,21,22,23). The Morgan fingerprint density at radius 3 is 2.81 bits per heavy atom. The van der Waals surface area contributed by atoms with Gasteiger partial charge in [-0.05, 0) is 37.1 Å². The lowest BCUT2D eigenvalue weighted by atomic mass is 10.0. The van der Waals surface area contributed by atoms with E-state index in [2.05, 4.69) is 14.9 Å². The average molecular weight is 390 g/mol. The Morgan fingerprint density at radius 1 is 1.33 bits per heavy atom. The number of nitrogens with zero attached hydrogens (tertiary/aromatic N) is 4. The average Bonchev–Trinajstić information content (AvgIpc) is 2.86. The summed E-state index contributed by atoms with van der Waals surface area (Å²) >= 11 is 6.52. The van der Waals surface area contributed by atoms with E-state index in [0.29, 0.717) is 23.8 Å². The fraction of sp³-hybridized carbons (Fsp3) is 0.421. The molecular weight excluding hydrogens is 366 g/mol. The van der Waals surface area contributed by atoms with Gasteiger partial charge in [0.15, 0.2) is 0 Å². The normalized spacial score (nSPS) is 17.5. The van der Waals surface area contributed by atoms with Gasteiger partial charge >= 0.3 is 0 Å². The number of nitrogen functional groups attached to an aromatic ring is 1. The Labute approximate surface area is 164 Å². The molecule has 1 aliphatic heterocycles. The first-order valence-corrected chi connectivity index (χ1v) is 9.21. The molecule has 1 aromatic carbocycles. The minimum atomic E-state index is -0.177. The van der Waals surface area contributed by atoms with Gasteiger partial charge in [-0.25, -0.2) is 4.98 Å². The lowest BCUT2D eigenvalue weighted by molar-refractivity contribution is 0.0827. The van der Waals surface area contributed by atoms with Gasteiger partial charge in [-0.3, -0.25) is 4.79 Å². The van der Waals surface area contributed by atoms with Crippen LogP contribution in [-0.2, 0) is 4.74 Å². The zero-order valence-corrected chi connectivity index (χ0v) is 16.5. The molecule has 2 heterocycles. The lowest BCUT2D eigenvalue weighted by Gasteiger charge is -2.31. The quantitative estimate of drug-likeness (QED) is 0.868. The molecule has 3 rings (SSSR count). The molecule has 1 fully saturated rings. The Morgan fingerprint density at radius 2 is 2.11 bits per heavy atom. The Kier molecular flexibility index (Phi) is 5.82. The third kappa shape index (κ3) is 4.31. The van der Waals surface area contributed by atoms with Crippen LogP contribution < -0.4 is 10.6 Å². The van der Waals surface area contributed by atoms with E-state index < -0.39 is 0 Å². The van der Waals surface area contributed by atoms with Gasteiger partial charge in [-0.1, -0.05) is 11.6 Å². The van der Waals surface area contributed by atoms with Gasteiger partial charge in [0.25, 0.3) is 5.91 Å². The maximum absolute atomic E-state index is 12.4. The van der Waals surface area contributed by atoms with E-state index >= 15 is 0 Å². The van der Waals surface area contributed by atoms with E-state index in [1.54, 1.807) is 31.1 Å². The molecule has 1 aliphatic rings. The molecule has 2 aromatic rings. The van der Waals surface area contributed by atoms with Crippen molar-refractivity contribution in [1.29, 1.82) is 0 Å². The summed E-state index contributed by atoms with van der Waals surface area (Å²) in [4.78, 5) is 24.6. The molecule has 0 bridgehead atoms. The molecule has 0 saturated carbocycles. The summed E-state index contributed by atoms with van der Waals surface area (Å²) in [7, 11) is 3.45. The maximum Gasteiger partial charge on any atom is 0.253 e. The highest BCUT2D eigenvalue weighted by Crippen LogP contribution is 2.33. The van der Waals surface area contributed by atoms with Crippen LogP contribution in [0.3, 0.4) is 0 Å². The van der Waals surface area contributed by atoms with E-state index in [4.69, 9.17) is 22.1 Å². The van der Waals surface area contributed by atoms with Crippen LogP contribution in [0.1, 0.15) is 34.1 Å². The van der Waals surface area contributed by atoms with Crippen LogP contribution in [-0.4, -0.2) is 54.6 Å². The van der Waals surface area contributed by atoms with Gasteiger partial charge in [-0.15, -0.1) is 0 Å². The number of anilines is 2. The number of hydrogen-bond donors (Lipinski definition) is 1. The molecule has 0 aliphatic carbocycles. The molecule has 8 heteroatoms. The summed E-state index contributed by atoms with van der Waals surface area (Å²) in [5.74, 6) is 0.892. The minimum absolute atomic E-state index is 0.0730. The molecule has 0 spiro atoms. The highest BCUT2D eigenvalue weighted by atomic mass is 35.5. The van der Waals surface area contributed by atoms with Crippen LogP contribution in [0.15, 0.2) is 24.3 Å². The van der Waals surface area contributed by atoms with Gasteiger partial charge in [-0.2, -0.15) is 4.98 Å². The van der Waals surface area contributed by atoms with E-state index in [1.807, 2.05) is 19.1 Å². The van der Waals surface area contributed by atoms with E-state index in [-0.39, 0.29) is 17.9 Å². The number of amides is 1. The van der Waals surface area contributed by atoms with Crippen molar-refractivity contribution in [3.8, 4) is 0 Å². The van der Waals surface area contributed by atoms with Gasteiger partial charge in [0.05, 0.1) is 12.6 Å². The fourth-order valence-electron chi connectivity index (χ4n) is 3.22. The molecule has 1 amide bonds. The lowest BCUT2D eigenvalue weighted by Crippen LogP contribution is -2.32. The first-order valence-electron chi connectivity index (χ1n) is 8.83. The van der Waals surface area contributed by atoms with Crippen molar-refractivity contribution >= 4 is 29.3 Å². The first-order chi connectivity index (χ1) is 12.9. The topological polar surface area (TPSA) is 84.6 Å². The second-order valence-corrected chi connectivity index (χ2v) is 7.21. The number of carbonyl (C=O) groups is 1. The Hall–Kier alpha value is -2.38. The molecule has 1 aromatic heterocycles. The van der Waals surface area contributed by atoms with Gasteiger partial charge < -0.3 is 20.3 Å². The van der Waals surface area contributed by atoms with Gasteiger partial charge in [0.2, 0.25) is 5.95 Å². The smallest absolute Gasteiger partial charge is 0.253 e. The molecule has 0 radical (unpaired) electrons. The number of carbonyl (C=O) groups excluding carboxylic acids is 1. The molecule has 2 N–H and O–H groups in total. The van der Waals surface area contributed by atoms with Crippen molar-refractivity contribution < 1.29 is 9.53 Å². The Bertz CT molecular complexity index is 823. The first kappa shape index (κ1) is 19.4. The predicted octanol–water partition coefficient (Wildman–Crippen LogP) is 2.69. The van der Waals surface area contributed by atoms with Crippen LogP contribution in [0.5, 0.6) is 0 Å². The Balaban J connectivity index is 2.05. The number of benzene rings is 1. The van der Waals surface area contributed by atoms with Crippen LogP contribution in [0, 0.1) is 6.92 Å². The van der Waals surface area contributed by atoms with E-state index in [0.717, 1.165) is 30.0 Å². The van der Waals surface area contributed by atoms with Crippen molar-refractivity contribution in [3.05, 3.63) is 46.1 Å². The fourth-order valence-corrected chi connectivity index (χ4v) is 3.47. The molecular formula is C19H24ClN5O2. The number of aryl methyl sites for hydroxylation is 1. The van der Waals surface area contributed by atoms with Crippen LogP contribution in [0.2, 0.25) is 5.02 Å². The van der Waals surface area contributed by atoms with Crippen LogP contribution in [0.25, 0.3) is 0 Å². The largest absolute Gasteiger partial charge is 0.379 e. The zero-order valence-electron chi connectivity index (χ0n) is 15.8. The van der Waals surface area contributed by atoms with Gasteiger partial charge in [0, 0.05) is 49.6 Å². The SMILES string of the molecule is Cc1cc(N2CCCOCC2c2cc(C(=O)N(C)C)ccc2Cl)nc(N)n1. The number of aromatic nitrogens is 2. The molecule has 1 atom stereocenters. The summed E-state index contributed by atoms with van der Waals surface area (Å²) in [6.45, 7) is 3.72. The minimum Gasteiger partial charge on any atom is -0.379 e. The van der Waals surface area contributed by atoms with Gasteiger partial charge in [0.1, 0.15) is 5.82 Å². The van der Waals surface area contributed by atoms with Crippen molar-refractivity contribution in [1.82, 2.24) is 14.9 Å². The van der Waals surface area contributed by atoms with Crippen molar-refractivity contribution in [3.63, 3.8) is 0 Å². The summed E-state index contributed by atoms with van der Waals surface area (Å²) < 4.78 is 5.81. The zero-order chi connectivity index (χ0) is 19.6. The molecule has 1 unspecified atom stereocenters. The van der Waals surface area contributed by atoms with E-state index in [9.17, 15) is 4.79 Å². The third-order valence-electron chi connectivity index (χ3n) is 4.50. The van der Waals surface area contributed by atoms with E-state index in [1.165, 1.54) is 0 Å². The molecule has 27 heavy (non-hydrogen) atoms. The summed E-state index contributed by atoms with van der Waals surface area (Å²) in [5.41, 5.74) is 8.07. The highest BCUT2D eigenvalue weighted by molar-refractivity contribution is 6.31. The molecule has 144 valence electrons. The van der Waals surface area contributed by atoms with Crippen LogP contribution >= 0.6 is 11.6 Å². The predicted molar refractivity (Wildman–Crippen MR) is 106 cm³/mol. The molecule has 1 saturated heterocycles. The maximum atomic E-state index is 12.4. The summed E-state index contributed by atoms with van der Waals surface area (Å²) in [5, 5.41) is 0.588. The number of ether oxygens (including phenoxy) is 1.